The second kappa shape index (κ2) is 5.50. The molecule has 0 atom stereocenters. The average Bonchev–Trinajstić information content (AvgIpc) is 2.86. The summed E-state index contributed by atoms with van der Waals surface area (Å²) in [5.74, 6) is 0.748. The van der Waals surface area contributed by atoms with Gasteiger partial charge in [0.1, 0.15) is 17.3 Å². The van der Waals surface area contributed by atoms with Gasteiger partial charge in [0.25, 0.3) is 0 Å². The third-order valence-corrected chi connectivity index (χ3v) is 3.76. The van der Waals surface area contributed by atoms with Crippen LogP contribution in [0.3, 0.4) is 0 Å². The van der Waals surface area contributed by atoms with Crippen LogP contribution in [0.1, 0.15) is 5.56 Å². The fourth-order valence-electron chi connectivity index (χ4n) is 1.84. The first-order valence-electron chi connectivity index (χ1n) is 5.86. The SMILES string of the molecule is Clc1cc(NCCc2ccc3sncc3c2)ncn1. The Morgan fingerprint density at radius 2 is 2.16 bits per heavy atom. The fraction of sp³-hybridized carbons (Fsp3) is 0.154. The van der Waals surface area contributed by atoms with E-state index < -0.39 is 0 Å². The average molecular weight is 291 g/mol. The third-order valence-electron chi connectivity index (χ3n) is 2.77. The van der Waals surface area contributed by atoms with Crippen LogP contribution < -0.4 is 5.32 Å². The van der Waals surface area contributed by atoms with E-state index in [0.29, 0.717) is 5.15 Å². The molecular formula is C13H11ClN4S. The molecule has 2 heterocycles. The summed E-state index contributed by atoms with van der Waals surface area (Å²) >= 11 is 7.32. The molecule has 19 heavy (non-hydrogen) atoms. The van der Waals surface area contributed by atoms with Gasteiger partial charge in [0, 0.05) is 24.2 Å². The maximum atomic E-state index is 5.80. The number of nitrogens with one attached hydrogen (secondary N) is 1. The van der Waals surface area contributed by atoms with E-state index in [2.05, 4.69) is 37.9 Å². The van der Waals surface area contributed by atoms with Crippen LogP contribution in [0.5, 0.6) is 0 Å². The van der Waals surface area contributed by atoms with Gasteiger partial charge in [-0.25, -0.2) is 9.97 Å². The van der Waals surface area contributed by atoms with Gasteiger partial charge in [-0.2, -0.15) is 4.37 Å². The van der Waals surface area contributed by atoms with Crippen LogP contribution in [0.15, 0.2) is 36.8 Å². The van der Waals surface area contributed by atoms with Crippen LogP contribution in [0.25, 0.3) is 10.1 Å². The second-order valence-electron chi connectivity index (χ2n) is 4.10. The minimum absolute atomic E-state index is 0.447. The number of hydrogen-bond acceptors (Lipinski definition) is 5. The molecule has 0 unspecified atom stereocenters. The first-order chi connectivity index (χ1) is 9.31. The highest BCUT2D eigenvalue weighted by Gasteiger charge is 2.00. The maximum Gasteiger partial charge on any atom is 0.134 e. The number of halogens is 1. The molecule has 96 valence electrons. The molecule has 0 aliphatic rings. The number of nitrogens with zero attached hydrogens (tertiary/aromatic N) is 3. The summed E-state index contributed by atoms with van der Waals surface area (Å²) in [6, 6.07) is 8.14. The van der Waals surface area contributed by atoms with Crippen molar-refractivity contribution in [2.24, 2.45) is 0 Å². The summed E-state index contributed by atoms with van der Waals surface area (Å²) in [6.07, 6.45) is 4.28. The van der Waals surface area contributed by atoms with Gasteiger partial charge in [-0.15, -0.1) is 0 Å². The summed E-state index contributed by atoms with van der Waals surface area (Å²) in [5, 5.41) is 4.88. The molecule has 0 aliphatic carbocycles. The zero-order valence-electron chi connectivity index (χ0n) is 10.0. The van der Waals surface area contributed by atoms with Gasteiger partial charge in [-0.1, -0.05) is 17.7 Å². The molecular weight excluding hydrogens is 280 g/mol. The van der Waals surface area contributed by atoms with Crippen molar-refractivity contribution in [3.8, 4) is 0 Å². The van der Waals surface area contributed by atoms with Crippen LogP contribution in [0.4, 0.5) is 5.82 Å². The number of benzene rings is 1. The molecule has 0 bridgehead atoms. The minimum Gasteiger partial charge on any atom is -0.370 e. The molecule has 2 aromatic heterocycles. The molecule has 4 nitrogen and oxygen atoms in total. The van der Waals surface area contributed by atoms with Gasteiger partial charge < -0.3 is 5.32 Å². The predicted octanol–water partition coefficient (Wildman–Crippen LogP) is 3.39. The predicted molar refractivity (Wildman–Crippen MR) is 78.9 cm³/mol. The van der Waals surface area contributed by atoms with E-state index in [4.69, 9.17) is 11.6 Å². The maximum absolute atomic E-state index is 5.80. The van der Waals surface area contributed by atoms with Gasteiger partial charge in [0.2, 0.25) is 0 Å². The first-order valence-corrected chi connectivity index (χ1v) is 7.01. The Hall–Kier alpha value is -1.72. The number of rotatable bonds is 4. The lowest BCUT2D eigenvalue weighted by molar-refractivity contribution is 1.00. The van der Waals surface area contributed by atoms with Gasteiger partial charge in [-0.05, 0) is 35.6 Å². The molecule has 6 heteroatoms. The topological polar surface area (TPSA) is 50.7 Å². The molecule has 1 N–H and O–H groups in total. The first kappa shape index (κ1) is 12.3. The van der Waals surface area contributed by atoms with E-state index in [9.17, 15) is 0 Å². The van der Waals surface area contributed by atoms with E-state index in [0.717, 1.165) is 18.8 Å². The van der Waals surface area contributed by atoms with Gasteiger partial charge in [-0.3, -0.25) is 0 Å². The number of hydrogen-bond donors (Lipinski definition) is 1. The van der Waals surface area contributed by atoms with Gasteiger partial charge >= 0.3 is 0 Å². The lowest BCUT2D eigenvalue weighted by Crippen LogP contribution is -2.06. The highest BCUT2D eigenvalue weighted by molar-refractivity contribution is 7.13. The van der Waals surface area contributed by atoms with Gasteiger partial charge in [0.05, 0.1) is 4.70 Å². The largest absolute Gasteiger partial charge is 0.370 e. The Labute approximate surface area is 119 Å². The van der Waals surface area contributed by atoms with Crippen molar-refractivity contribution in [1.82, 2.24) is 14.3 Å². The molecule has 1 aromatic carbocycles. The summed E-state index contributed by atoms with van der Waals surface area (Å²) in [5.41, 5.74) is 1.28. The van der Waals surface area contributed by atoms with Crippen molar-refractivity contribution in [1.29, 1.82) is 0 Å². The summed E-state index contributed by atoms with van der Waals surface area (Å²) in [6.45, 7) is 0.802. The number of aromatic nitrogens is 3. The molecule has 0 radical (unpaired) electrons. The molecule has 0 saturated carbocycles. The standard InChI is InChI=1S/C13H11ClN4S/c14-12-6-13(17-8-16-12)15-4-3-9-1-2-11-10(5-9)7-18-19-11/h1-2,5-8H,3-4H2,(H,15,16,17). The summed E-state index contributed by atoms with van der Waals surface area (Å²) in [7, 11) is 0. The molecule has 0 aliphatic heterocycles. The molecule has 0 fully saturated rings. The highest BCUT2D eigenvalue weighted by atomic mass is 35.5. The Morgan fingerprint density at radius 3 is 3.05 bits per heavy atom. The van der Waals surface area contributed by atoms with E-state index in [1.54, 1.807) is 6.07 Å². The molecule has 3 rings (SSSR count). The van der Waals surface area contributed by atoms with Crippen molar-refractivity contribution in [2.45, 2.75) is 6.42 Å². The zero-order chi connectivity index (χ0) is 13.1. The number of anilines is 1. The quantitative estimate of drug-likeness (QED) is 0.748. The van der Waals surface area contributed by atoms with E-state index >= 15 is 0 Å². The Balaban J connectivity index is 1.62. The Morgan fingerprint density at radius 1 is 1.21 bits per heavy atom. The lowest BCUT2D eigenvalue weighted by atomic mass is 10.1. The van der Waals surface area contributed by atoms with Crippen LogP contribution in [-0.4, -0.2) is 20.9 Å². The molecule has 0 amide bonds. The summed E-state index contributed by atoms with van der Waals surface area (Å²) in [4.78, 5) is 7.94. The highest BCUT2D eigenvalue weighted by Crippen LogP contribution is 2.19. The minimum atomic E-state index is 0.447. The van der Waals surface area contributed by atoms with Crippen molar-refractivity contribution < 1.29 is 0 Å². The van der Waals surface area contributed by atoms with Crippen LogP contribution in [0.2, 0.25) is 5.15 Å². The molecule has 3 aromatic rings. The van der Waals surface area contributed by atoms with Crippen LogP contribution in [-0.2, 0) is 6.42 Å². The van der Waals surface area contributed by atoms with Crippen molar-refractivity contribution in [2.75, 3.05) is 11.9 Å². The van der Waals surface area contributed by atoms with E-state index in [1.165, 1.54) is 33.5 Å². The summed E-state index contributed by atoms with van der Waals surface area (Å²) < 4.78 is 5.40. The van der Waals surface area contributed by atoms with Gasteiger partial charge in [0.15, 0.2) is 0 Å². The van der Waals surface area contributed by atoms with Crippen molar-refractivity contribution >= 4 is 39.0 Å². The van der Waals surface area contributed by atoms with Crippen molar-refractivity contribution in [3.05, 3.63) is 47.5 Å². The zero-order valence-corrected chi connectivity index (χ0v) is 11.6. The monoisotopic (exact) mass is 290 g/mol. The Bertz CT molecular complexity index is 698. The van der Waals surface area contributed by atoms with Crippen LogP contribution >= 0.6 is 23.1 Å². The smallest absolute Gasteiger partial charge is 0.134 e. The second-order valence-corrected chi connectivity index (χ2v) is 5.32. The van der Waals surface area contributed by atoms with E-state index in [-0.39, 0.29) is 0 Å². The lowest BCUT2D eigenvalue weighted by Gasteiger charge is -2.05. The normalized spacial score (nSPS) is 10.8. The number of fused-ring (bicyclic) bond motifs is 1. The van der Waals surface area contributed by atoms with E-state index in [1.807, 2.05) is 6.20 Å². The molecule has 0 saturated heterocycles. The Kier molecular flexibility index (Phi) is 3.57. The van der Waals surface area contributed by atoms with Crippen molar-refractivity contribution in [3.63, 3.8) is 0 Å². The molecule has 0 spiro atoms. The third kappa shape index (κ3) is 3.00. The van der Waals surface area contributed by atoms with Crippen LogP contribution in [0, 0.1) is 0 Å². The fourth-order valence-corrected chi connectivity index (χ4v) is 2.62.